The van der Waals surface area contributed by atoms with Gasteiger partial charge in [0.05, 0.1) is 11.5 Å². The number of nitro groups is 1. The minimum absolute atomic E-state index is 0.00190. The Kier molecular flexibility index (Phi) is 4.42. The van der Waals surface area contributed by atoms with Crippen molar-refractivity contribution in [3.05, 3.63) is 46.0 Å². The number of carboxylic acid groups (broad SMARTS) is 1. The van der Waals surface area contributed by atoms with Crippen molar-refractivity contribution in [2.24, 2.45) is 0 Å². The summed E-state index contributed by atoms with van der Waals surface area (Å²) in [5.74, 6) is -1.38. The maximum Gasteiger partial charge on any atom is 0.346 e. The topological polar surface area (TPSA) is 89.7 Å². The van der Waals surface area contributed by atoms with Gasteiger partial charge in [0.15, 0.2) is 5.56 Å². The van der Waals surface area contributed by atoms with E-state index in [1.807, 2.05) is 6.92 Å². The van der Waals surface area contributed by atoms with E-state index in [0.717, 1.165) is 11.6 Å². The summed E-state index contributed by atoms with van der Waals surface area (Å²) in [5.41, 5.74) is -0.0168. The second-order valence-electron chi connectivity index (χ2n) is 3.77. The normalized spacial score (nSPS) is 9.83. The number of nitrogens with zero attached hydrogens (tertiary/aromatic N) is 1. The molecule has 96 valence electrons. The highest BCUT2D eigenvalue weighted by atomic mass is 16.6. The van der Waals surface area contributed by atoms with Crippen molar-refractivity contribution in [3.8, 4) is 5.75 Å². The van der Waals surface area contributed by atoms with Gasteiger partial charge in [0.1, 0.15) is 5.75 Å². The van der Waals surface area contributed by atoms with Gasteiger partial charge in [0, 0.05) is 12.5 Å². The first-order chi connectivity index (χ1) is 8.43. The van der Waals surface area contributed by atoms with Crippen LogP contribution >= 0.6 is 0 Å². The lowest BCUT2D eigenvalue weighted by molar-refractivity contribution is -0.385. The fourth-order valence-corrected chi connectivity index (χ4v) is 1.34. The summed E-state index contributed by atoms with van der Waals surface area (Å²) in [6, 6.07) is 3.92. The summed E-state index contributed by atoms with van der Waals surface area (Å²) in [5, 5.41) is 19.7. The quantitative estimate of drug-likeness (QED) is 0.477. The van der Waals surface area contributed by atoms with Gasteiger partial charge in [-0.05, 0) is 13.0 Å². The van der Waals surface area contributed by atoms with Crippen LogP contribution in [0.4, 0.5) is 5.69 Å². The number of ether oxygens (including phenoxy) is 1. The Morgan fingerprint density at radius 1 is 1.56 bits per heavy atom. The van der Waals surface area contributed by atoms with Gasteiger partial charge < -0.3 is 9.84 Å². The number of carbonyl (C=O) groups is 1. The van der Waals surface area contributed by atoms with E-state index in [0.29, 0.717) is 6.42 Å². The fraction of sp³-hybridized carbons (Fsp3) is 0.250. The van der Waals surface area contributed by atoms with E-state index in [1.54, 1.807) is 0 Å². The van der Waals surface area contributed by atoms with Gasteiger partial charge in [-0.15, -0.1) is 6.58 Å². The molecule has 18 heavy (non-hydrogen) atoms. The largest absolute Gasteiger partial charge is 0.492 e. The summed E-state index contributed by atoms with van der Waals surface area (Å²) < 4.78 is 5.25. The van der Waals surface area contributed by atoms with Crippen LogP contribution in [0.5, 0.6) is 5.75 Å². The van der Waals surface area contributed by atoms with Gasteiger partial charge in [-0.1, -0.05) is 11.6 Å². The molecule has 0 unspecified atom stereocenters. The average molecular weight is 251 g/mol. The van der Waals surface area contributed by atoms with Crippen molar-refractivity contribution in [2.75, 3.05) is 6.61 Å². The first-order valence-electron chi connectivity index (χ1n) is 5.21. The van der Waals surface area contributed by atoms with Crippen molar-refractivity contribution in [1.82, 2.24) is 0 Å². The zero-order valence-corrected chi connectivity index (χ0v) is 9.88. The lowest BCUT2D eigenvalue weighted by Gasteiger charge is -2.09. The molecular weight excluding hydrogens is 238 g/mol. The molecule has 6 heteroatoms. The number of benzene rings is 1. The molecule has 0 saturated heterocycles. The Morgan fingerprint density at radius 2 is 2.22 bits per heavy atom. The van der Waals surface area contributed by atoms with E-state index in [1.165, 1.54) is 12.1 Å². The highest BCUT2D eigenvalue weighted by Crippen LogP contribution is 2.28. The SMILES string of the molecule is C=C(C)CCOc1cccc([N+](=O)[O-])c1C(=O)O. The molecular formula is C12H13NO5. The van der Waals surface area contributed by atoms with Crippen LogP contribution in [0.2, 0.25) is 0 Å². The molecule has 0 aliphatic heterocycles. The maximum atomic E-state index is 11.0. The van der Waals surface area contributed by atoms with Crippen molar-refractivity contribution in [1.29, 1.82) is 0 Å². The lowest BCUT2D eigenvalue weighted by atomic mass is 10.1. The standard InChI is InChI=1S/C12H13NO5/c1-8(2)6-7-18-10-5-3-4-9(13(16)17)11(10)12(14)15/h3-5H,1,6-7H2,2H3,(H,14,15). The van der Waals surface area contributed by atoms with Crippen LogP contribution in [-0.4, -0.2) is 22.6 Å². The van der Waals surface area contributed by atoms with Gasteiger partial charge in [0.2, 0.25) is 0 Å². The predicted octanol–water partition coefficient (Wildman–Crippen LogP) is 2.64. The average Bonchev–Trinajstić information content (AvgIpc) is 2.27. The van der Waals surface area contributed by atoms with E-state index < -0.39 is 22.1 Å². The summed E-state index contributed by atoms with van der Waals surface area (Å²) in [4.78, 5) is 21.0. The van der Waals surface area contributed by atoms with Crippen LogP contribution in [0, 0.1) is 10.1 Å². The second-order valence-corrected chi connectivity index (χ2v) is 3.77. The van der Waals surface area contributed by atoms with Crippen molar-refractivity contribution >= 4 is 11.7 Å². The van der Waals surface area contributed by atoms with Crippen LogP contribution in [0.25, 0.3) is 0 Å². The highest BCUT2D eigenvalue weighted by molar-refractivity contribution is 5.95. The zero-order valence-electron chi connectivity index (χ0n) is 9.88. The monoisotopic (exact) mass is 251 g/mol. The summed E-state index contributed by atoms with van der Waals surface area (Å²) >= 11 is 0. The van der Waals surface area contributed by atoms with E-state index in [4.69, 9.17) is 9.84 Å². The molecule has 0 aromatic heterocycles. The minimum Gasteiger partial charge on any atom is -0.492 e. The van der Waals surface area contributed by atoms with Gasteiger partial charge in [-0.25, -0.2) is 4.79 Å². The van der Waals surface area contributed by atoms with Gasteiger partial charge >= 0.3 is 5.97 Å². The Balaban J connectivity index is 3.03. The minimum atomic E-state index is -1.38. The third kappa shape index (κ3) is 3.31. The van der Waals surface area contributed by atoms with E-state index in [-0.39, 0.29) is 12.4 Å². The predicted molar refractivity (Wildman–Crippen MR) is 65.0 cm³/mol. The molecule has 1 rings (SSSR count). The van der Waals surface area contributed by atoms with Gasteiger partial charge in [0.25, 0.3) is 5.69 Å². The lowest BCUT2D eigenvalue weighted by Crippen LogP contribution is -2.07. The van der Waals surface area contributed by atoms with Crippen LogP contribution in [-0.2, 0) is 0 Å². The first kappa shape index (κ1) is 13.7. The zero-order chi connectivity index (χ0) is 13.7. The van der Waals surface area contributed by atoms with Crippen LogP contribution < -0.4 is 4.74 Å². The summed E-state index contributed by atoms with van der Waals surface area (Å²) in [7, 11) is 0. The fourth-order valence-electron chi connectivity index (χ4n) is 1.34. The molecule has 0 aliphatic carbocycles. The molecule has 0 fully saturated rings. The van der Waals surface area contributed by atoms with Crippen molar-refractivity contribution in [2.45, 2.75) is 13.3 Å². The Hall–Kier alpha value is -2.37. The molecule has 0 atom stereocenters. The molecule has 6 nitrogen and oxygen atoms in total. The molecule has 0 bridgehead atoms. The number of hydrogen-bond donors (Lipinski definition) is 1. The van der Waals surface area contributed by atoms with Crippen LogP contribution in [0.15, 0.2) is 30.4 Å². The molecule has 0 spiro atoms. The highest BCUT2D eigenvalue weighted by Gasteiger charge is 2.24. The second kappa shape index (κ2) is 5.81. The number of rotatable bonds is 6. The third-order valence-electron chi connectivity index (χ3n) is 2.20. The molecule has 0 amide bonds. The number of carboxylic acids is 1. The molecule has 1 aromatic rings. The number of nitro benzene ring substituents is 1. The van der Waals surface area contributed by atoms with E-state index >= 15 is 0 Å². The van der Waals surface area contributed by atoms with Crippen molar-refractivity contribution in [3.63, 3.8) is 0 Å². The molecule has 0 saturated carbocycles. The Morgan fingerprint density at radius 3 is 2.72 bits per heavy atom. The Bertz CT molecular complexity index is 495. The molecule has 1 N–H and O–H groups in total. The smallest absolute Gasteiger partial charge is 0.346 e. The molecule has 0 aliphatic rings. The molecule has 0 radical (unpaired) electrons. The van der Waals surface area contributed by atoms with E-state index in [2.05, 4.69) is 6.58 Å². The van der Waals surface area contributed by atoms with Gasteiger partial charge in [-0.3, -0.25) is 10.1 Å². The van der Waals surface area contributed by atoms with E-state index in [9.17, 15) is 14.9 Å². The molecule has 0 heterocycles. The van der Waals surface area contributed by atoms with Crippen LogP contribution in [0.1, 0.15) is 23.7 Å². The first-order valence-corrected chi connectivity index (χ1v) is 5.21. The third-order valence-corrected chi connectivity index (χ3v) is 2.20. The molecule has 1 aromatic carbocycles. The maximum absolute atomic E-state index is 11.0. The summed E-state index contributed by atoms with van der Waals surface area (Å²) in [6.07, 6.45) is 0.557. The Labute approximate surface area is 104 Å². The summed E-state index contributed by atoms with van der Waals surface area (Å²) in [6.45, 7) is 5.73. The number of hydrogen-bond acceptors (Lipinski definition) is 4. The van der Waals surface area contributed by atoms with Gasteiger partial charge in [-0.2, -0.15) is 0 Å². The van der Waals surface area contributed by atoms with Crippen LogP contribution in [0.3, 0.4) is 0 Å². The van der Waals surface area contributed by atoms with Crippen molar-refractivity contribution < 1.29 is 19.6 Å². The number of aromatic carboxylic acids is 1.